The number of likely N-dealkylation sites (tertiary alicyclic amines) is 1. The van der Waals surface area contributed by atoms with Gasteiger partial charge in [-0.3, -0.25) is 14.6 Å². The van der Waals surface area contributed by atoms with Gasteiger partial charge in [0.05, 0.1) is 18.6 Å². The minimum atomic E-state index is -4.36. The van der Waals surface area contributed by atoms with Gasteiger partial charge in [0.1, 0.15) is 5.75 Å². The summed E-state index contributed by atoms with van der Waals surface area (Å²) in [5, 5.41) is 8.87. The first kappa shape index (κ1) is 20.9. The number of likely N-dealkylation sites (N-methyl/N-ethyl adjacent to an activating group) is 1. The number of nitrogens with zero attached hydrogens (tertiary/aromatic N) is 2. The number of hydrogen-bond acceptors (Lipinski definition) is 5. The van der Waals surface area contributed by atoms with Gasteiger partial charge in [-0.15, -0.1) is 0 Å². The standard InChI is InChI=1S/C17H23F3N2O3S/c1-21(11-16(23)24)13-5-7-22(8-6-13)10-12-3-4-14(25-2)15(9-12)26-17(18,19)20/h3-4,9,13H,5-8,10-11H2,1-2H3,(H,23,24). The van der Waals surface area contributed by atoms with E-state index in [0.717, 1.165) is 31.5 Å². The minimum Gasteiger partial charge on any atom is -0.496 e. The number of hydrogen-bond donors (Lipinski definition) is 1. The lowest BCUT2D eigenvalue weighted by Gasteiger charge is -2.36. The zero-order valence-corrected chi connectivity index (χ0v) is 15.6. The van der Waals surface area contributed by atoms with Crippen molar-refractivity contribution in [3.8, 4) is 5.75 Å². The van der Waals surface area contributed by atoms with Crippen LogP contribution in [0.3, 0.4) is 0 Å². The van der Waals surface area contributed by atoms with Crippen molar-refractivity contribution >= 4 is 17.7 Å². The second-order valence-electron chi connectivity index (χ2n) is 6.35. The van der Waals surface area contributed by atoms with E-state index in [1.807, 2.05) is 4.90 Å². The number of piperidine rings is 1. The van der Waals surface area contributed by atoms with Crippen LogP contribution in [-0.4, -0.2) is 66.2 Å². The maximum Gasteiger partial charge on any atom is 0.446 e. The molecule has 146 valence electrons. The summed E-state index contributed by atoms with van der Waals surface area (Å²) in [7, 11) is 3.16. The first-order valence-electron chi connectivity index (χ1n) is 8.25. The molecule has 9 heteroatoms. The van der Waals surface area contributed by atoms with Crippen LogP contribution in [-0.2, 0) is 11.3 Å². The molecule has 0 saturated carbocycles. The summed E-state index contributed by atoms with van der Waals surface area (Å²) < 4.78 is 43.1. The number of ether oxygens (including phenoxy) is 1. The van der Waals surface area contributed by atoms with Crippen LogP contribution in [0.5, 0.6) is 5.75 Å². The molecular weight excluding hydrogens is 369 g/mol. The third kappa shape index (κ3) is 6.37. The summed E-state index contributed by atoms with van der Waals surface area (Å²) in [5.41, 5.74) is -3.56. The molecule has 1 aliphatic heterocycles. The number of thioether (sulfide) groups is 1. The van der Waals surface area contributed by atoms with Crippen molar-refractivity contribution in [1.29, 1.82) is 0 Å². The molecule has 1 heterocycles. The summed E-state index contributed by atoms with van der Waals surface area (Å²) in [6.45, 7) is 2.14. The summed E-state index contributed by atoms with van der Waals surface area (Å²) in [6, 6.07) is 5.09. The quantitative estimate of drug-likeness (QED) is 0.719. The number of halogens is 3. The highest BCUT2D eigenvalue weighted by Crippen LogP contribution is 2.41. The molecule has 1 aromatic carbocycles. The largest absolute Gasteiger partial charge is 0.496 e. The van der Waals surface area contributed by atoms with E-state index in [-0.39, 0.29) is 35.0 Å². The van der Waals surface area contributed by atoms with Gasteiger partial charge in [-0.25, -0.2) is 0 Å². The normalized spacial score (nSPS) is 16.8. The molecule has 0 aliphatic carbocycles. The molecule has 1 aromatic rings. The topological polar surface area (TPSA) is 53.0 Å². The molecule has 0 spiro atoms. The van der Waals surface area contributed by atoms with Crippen molar-refractivity contribution in [2.45, 2.75) is 35.8 Å². The number of alkyl halides is 3. The lowest BCUT2D eigenvalue weighted by Crippen LogP contribution is -2.44. The lowest BCUT2D eigenvalue weighted by atomic mass is 10.0. The molecule has 5 nitrogen and oxygen atoms in total. The number of rotatable bonds is 7. The van der Waals surface area contributed by atoms with Crippen molar-refractivity contribution < 1.29 is 27.8 Å². The first-order chi connectivity index (χ1) is 12.2. The average molecular weight is 392 g/mol. The SMILES string of the molecule is COc1ccc(CN2CCC(N(C)CC(=O)O)CC2)cc1SC(F)(F)F. The smallest absolute Gasteiger partial charge is 0.446 e. The fourth-order valence-corrected chi connectivity index (χ4v) is 3.85. The molecular formula is C17H23F3N2O3S. The van der Waals surface area contributed by atoms with Crippen LogP contribution < -0.4 is 4.74 Å². The van der Waals surface area contributed by atoms with Gasteiger partial charge in [-0.2, -0.15) is 13.2 Å². The maximum atomic E-state index is 12.7. The van der Waals surface area contributed by atoms with Gasteiger partial charge in [0.2, 0.25) is 0 Å². The number of carbonyl (C=O) groups is 1. The molecule has 1 aliphatic rings. The fourth-order valence-electron chi connectivity index (χ4n) is 3.14. The highest BCUT2D eigenvalue weighted by atomic mass is 32.2. The Morgan fingerprint density at radius 1 is 1.38 bits per heavy atom. The molecule has 0 amide bonds. The minimum absolute atomic E-state index is 0.0151. The average Bonchev–Trinajstić information content (AvgIpc) is 2.53. The molecule has 0 atom stereocenters. The Bertz CT molecular complexity index is 620. The lowest BCUT2D eigenvalue weighted by molar-refractivity contribution is -0.138. The fraction of sp³-hybridized carbons (Fsp3) is 0.588. The van der Waals surface area contributed by atoms with Crippen LogP contribution in [0.15, 0.2) is 23.1 Å². The third-order valence-electron chi connectivity index (χ3n) is 4.43. The summed E-state index contributed by atoms with van der Waals surface area (Å²) >= 11 is -0.168. The van der Waals surface area contributed by atoms with E-state index in [1.54, 1.807) is 19.2 Å². The predicted octanol–water partition coefficient (Wildman–Crippen LogP) is 3.29. The van der Waals surface area contributed by atoms with Gasteiger partial charge in [0, 0.05) is 12.6 Å². The molecule has 1 saturated heterocycles. The number of benzene rings is 1. The van der Waals surface area contributed by atoms with Crippen molar-refractivity contribution in [2.75, 3.05) is 33.8 Å². The summed E-state index contributed by atoms with van der Waals surface area (Å²) in [6.07, 6.45) is 1.67. The third-order valence-corrected chi connectivity index (χ3v) is 5.20. The van der Waals surface area contributed by atoms with E-state index in [2.05, 4.69) is 4.90 Å². The molecule has 1 fully saturated rings. The van der Waals surface area contributed by atoms with Crippen LogP contribution in [0.25, 0.3) is 0 Å². The zero-order valence-electron chi connectivity index (χ0n) is 14.8. The van der Waals surface area contributed by atoms with Gasteiger partial charge in [-0.1, -0.05) is 6.07 Å². The number of carboxylic acid groups (broad SMARTS) is 1. The monoisotopic (exact) mass is 392 g/mol. The number of aliphatic carboxylic acids is 1. The van der Waals surface area contributed by atoms with Crippen molar-refractivity contribution in [2.24, 2.45) is 0 Å². The van der Waals surface area contributed by atoms with Crippen molar-refractivity contribution in [3.63, 3.8) is 0 Å². The van der Waals surface area contributed by atoms with E-state index in [4.69, 9.17) is 9.84 Å². The van der Waals surface area contributed by atoms with E-state index in [1.165, 1.54) is 13.2 Å². The van der Waals surface area contributed by atoms with Gasteiger partial charge >= 0.3 is 11.5 Å². The maximum absolute atomic E-state index is 12.7. The molecule has 0 unspecified atom stereocenters. The van der Waals surface area contributed by atoms with E-state index in [0.29, 0.717) is 6.54 Å². The Hall–Kier alpha value is -1.45. The highest BCUT2D eigenvalue weighted by molar-refractivity contribution is 8.00. The Morgan fingerprint density at radius 2 is 2.04 bits per heavy atom. The second-order valence-corrected chi connectivity index (χ2v) is 7.46. The van der Waals surface area contributed by atoms with Crippen LogP contribution in [0.1, 0.15) is 18.4 Å². The van der Waals surface area contributed by atoms with Gasteiger partial charge < -0.3 is 9.84 Å². The van der Waals surface area contributed by atoms with Gasteiger partial charge in [0.15, 0.2) is 0 Å². The Kier molecular flexibility index (Phi) is 7.19. The molecule has 0 radical (unpaired) electrons. The van der Waals surface area contributed by atoms with Crippen LogP contribution >= 0.6 is 11.8 Å². The number of carboxylic acids is 1. The van der Waals surface area contributed by atoms with E-state index < -0.39 is 11.5 Å². The predicted molar refractivity (Wildman–Crippen MR) is 93.5 cm³/mol. The van der Waals surface area contributed by atoms with Crippen LogP contribution in [0, 0.1) is 0 Å². The highest BCUT2D eigenvalue weighted by Gasteiger charge is 2.31. The second kappa shape index (κ2) is 8.96. The molecule has 0 bridgehead atoms. The van der Waals surface area contributed by atoms with Crippen LogP contribution in [0.2, 0.25) is 0 Å². The molecule has 1 N–H and O–H groups in total. The Morgan fingerprint density at radius 3 is 2.58 bits per heavy atom. The molecule has 0 aromatic heterocycles. The first-order valence-corrected chi connectivity index (χ1v) is 9.06. The van der Waals surface area contributed by atoms with E-state index >= 15 is 0 Å². The number of methoxy groups -OCH3 is 1. The Labute approximate surface area is 155 Å². The molecule has 26 heavy (non-hydrogen) atoms. The Balaban J connectivity index is 1.95. The summed E-state index contributed by atoms with van der Waals surface area (Å²) in [5.74, 6) is -0.632. The van der Waals surface area contributed by atoms with E-state index in [9.17, 15) is 18.0 Å². The molecule has 2 rings (SSSR count). The van der Waals surface area contributed by atoms with Crippen LogP contribution in [0.4, 0.5) is 13.2 Å². The summed E-state index contributed by atoms with van der Waals surface area (Å²) in [4.78, 5) is 14.9. The van der Waals surface area contributed by atoms with Gasteiger partial charge in [0.25, 0.3) is 0 Å². The zero-order chi connectivity index (χ0) is 19.3. The van der Waals surface area contributed by atoms with Crippen molar-refractivity contribution in [3.05, 3.63) is 23.8 Å². The van der Waals surface area contributed by atoms with Crippen molar-refractivity contribution in [1.82, 2.24) is 9.80 Å². The van der Waals surface area contributed by atoms with Gasteiger partial charge in [-0.05, 0) is 62.4 Å².